The summed E-state index contributed by atoms with van der Waals surface area (Å²) in [5.74, 6) is 0. The zero-order valence-electron chi connectivity index (χ0n) is 9.68. The smallest absolute Gasteiger partial charge is 0.177 e. The predicted octanol–water partition coefficient (Wildman–Crippen LogP) is 3.82. The van der Waals surface area contributed by atoms with Crippen LogP contribution in [0.1, 0.15) is 44.7 Å². The van der Waals surface area contributed by atoms with Gasteiger partial charge in [-0.2, -0.15) is 0 Å². The van der Waals surface area contributed by atoms with Crippen LogP contribution in [0.5, 0.6) is 0 Å². The molecule has 0 atom stereocenters. The Bertz CT molecular complexity index is 383. The van der Waals surface area contributed by atoms with E-state index in [0.29, 0.717) is 5.41 Å². The van der Waals surface area contributed by atoms with Gasteiger partial charge in [-0.25, -0.2) is 0 Å². The molecule has 0 spiro atoms. The minimum absolute atomic E-state index is 0.463. The molecule has 15 heavy (non-hydrogen) atoms. The fraction of sp³-hybridized carbons (Fsp3) is 0.750. The molecule has 1 aromatic heterocycles. The highest BCUT2D eigenvalue weighted by atomic mass is 32.1. The number of aromatic nitrogens is 2. The fourth-order valence-corrected chi connectivity index (χ4v) is 2.94. The van der Waals surface area contributed by atoms with Gasteiger partial charge in [0.1, 0.15) is 0 Å². The average Bonchev–Trinajstić information content (AvgIpc) is 2.45. The van der Waals surface area contributed by atoms with Crippen LogP contribution in [0.2, 0.25) is 0 Å². The second-order valence-corrected chi connectivity index (χ2v) is 5.63. The third-order valence-corrected chi connectivity index (χ3v) is 3.86. The van der Waals surface area contributed by atoms with Crippen molar-refractivity contribution in [1.82, 2.24) is 9.55 Å². The summed E-state index contributed by atoms with van der Waals surface area (Å²) in [5, 5.41) is 0. The lowest BCUT2D eigenvalue weighted by Gasteiger charge is -2.33. The lowest BCUT2D eigenvalue weighted by atomic mass is 9.76. The number of aryl methyl sites for hydroxylation is 1. The van der Waals surface area contributed by atoms with Gasteiger partial charge in [0.25, 0.3) is 0 Å². The second kappa shape index (κ2) is 4.12. The molecule has 2 nitrogen and oxygen atoms in total. The lowest BCUT2D eigenvalue weighted by molar-refractivity contribution is 0.182. The third-order valence-electron chi connectivity index (χ3n) is 3.53. The highest BCUT2D eigenvalue weighted by Gasteiger charge is 2.27. The van der Waals surface area contributed by atoms with E-state index < -0.39 is 0 Å². The first-order valence-corrected chi connectivity index (χ1v) is 6.26. The summed E-state index contributed by atoms with van der Waals surface area (Å²) in [6.45, 7) is 5.54. The van der Waals surface area contributed by atoms with Crippen LogP contribution in [-0.4, -0.2) is 9.55 Å². The number of hydrogen-bond donors (Lipinski definition) is 1. The SMILES string of the molecule is Cc1cn(CC2(C)CCCCC2)c(=S)[nH]1. The Morgan fingerprint density at radius 1 is 1.40 bits per heavy atom. The number of hydrogen-bond acceptors (Lipinski definition) is 1. The molecule has 1 aliphatic carbocycles. The molecule has 3 heteroatoms. The Morgan fingerprint density at radius 2 is 2.07 bits per heavy atom. The van der Waals surface area contributed by atoms with Crippen molar-refractivity contribution in [2.24, 2.45) is 5.41 Å². The van der Waals surface area contributed by atoms with Crippen molar-refractivity contribution < 1.29 is 0 Å². The molecule has 0 radical (unpaired) electrons. The number of aromatic amines is 1. The molecule has 0 bridgehead atoms. The molecule has 1 N–H and O–H groups in total. The van der Waals surface area contributed by atoms with Crippen molar-refractivity contribution in [3.63, 3.8) is 0 Å². The number of nitrogens with one attached hydrogen (secondary N) is 1. The number of imidazole rings is 1. The standard InChI is InChI=1S/C12H20N2S/c1-10-8-14(11(15)13-10)9-12(2)6-4-3-5-7-12/h8H,3-7,9H2,1-2H3,(H,13,15). The zero-order chi connectivity index (χ0) is 10.9. The summed E-state index contributed by atoms with van der Waals surface area (Å²) >= 11 is 5.30. The van der Waals surface area contributed by atoms with E-state index in [0.717, 1.165) is 11.3 Å². The number of nitrogens with zero attached hydrogens (tertiary/aromatic N) is 1. The summed E-state index contributed by atoms with van der Waals surface area (Å²) < 4.78 is 3.08. The van der Waals surface area contributed by atoms with E-state index in [2.05, 4.69) is 29.6 Å². The van der Waals surface area contributed by atoms with Gasteiger partial charge in [0, 0.05) is 18.4 Å². The van der Waals surface area contributed by atoms with Crippen LogP contribution in [0.4, 0.5) is 0 Å². The molecule has 2 rings (SSSR count). The van der Waals surface area contributed by atoms with Crippen LogP contribution in [0.15, 0.2) is 6.20 Å². The Hall–Kier alpha value is -0.570. The van der Waals surface area contributed by atoms with E-state index in [1.54, 1.807) is 0 Å². The van der Waals surface area contributed by atoms with Crippen LogP contribution >= 0.6 is 12.2 Å². The highest BCUT2D eigenvalue weighted by Crippen LogP contribution is 2.37. The Kier molecular flexibility index (Phi) is 3.01. The molecule has 84 valence electrons. The van der Waals surface area contributed by atoms with Gasteiger partial charge < -0.3 is 9.55 Å². The maximum atomic E-state index is 5.30. The fourth-order valence-electron chi connectivity index (χ4n) is 2.66. The second-order valence-electron chi connectivity index (χ2n) is 5.24. The van der Waals surface area contributed by atoms with Crippen molar-refractivity contribution in [2.75, 3.05) is 0 Å². The van der Waals surface area contributed by atoms with Gasteiger partial charge in [0.05, 0.1) is 0 Å². The van der Waals surface area contributed by atoms with Gasteiger partial charge in [-0.1, -0.05) is 26.2 Å². The van der Waals surface area contributed by atoms with Crippen LogP contribution in [0.25, 0.3) is 0 Å². The summed E-state index contributed by atoms with van der Waals surface area (Å²) in [6, 6.07) is 0. The van der Waals surface area contributed by atoms with Crippen LogP contribution in [-0.2, 0) is 6.54 Å². The van der Waals surface area contributed by atoms with E-state index in [1.165, 1.54) is 37.8 Å². The first kappa shape index (κ1) is 10.9. The Balaban J connectivity index is 2.13. The number of H-pyrrole nitrogens is 1. The summed E-state index contributed by atoms with van der Waals surface area (Å²) in [6.07, 6.45) is 9.01. The van der Waals surface area contributed by atoms with Gasteiger partial charge in [-0.3, -0.25) is 0 Å². The van der Waals surface area contributed by atoms with Gasteiger partial charge >= 0.3 is 0 Å². The summed E-state index contributed by atoms with van der Waals surface area (Å²) in [7, 11) is 0. The van der Waals surface area contributed by atoms with Crippen molar-refractivity contribution >= 4 is 12.2 Å². The van der Waals surface area contributed by atoms with Crippen LogP contribution in [0.3, 0.4) is 0 Å². The molecular weight excluding hydrogens is 204 g/mol. The molecule has 0 unspecified atom stereocenters. The maximum Gasteiger partial charge on any atom is 0.177 e. The molecule has 1 fully saturated rings. The Labute approximate surface area is 96.7 Å². The first-order valence-electron chi connectivity index (χ1n) is 5.85. The van der Waals surface area contributed by atoms with Gasteiger partial charge in [-0.05, 0) is 37.4 Å². The van der Waals surface area contributed by atoms with Gasteiger partial charge in [-0.15, -0.1) is 0 Å². The van der Waals surface area contributed by atoms with Crippen molar-refractivity contribution in [2.45, 2.75) is 52.5 Å². The van der Waals surface area contributed by atoms with Crippen LogP contribution in [0, 0.1) is 17.1 Å². The molecule has 0 aromatic carbocycles. The molecule has 1 aromatic rings. The third kappa shape index (κ3) is 2.51. The molecule has 1 saturated carbocycles. The predicted molar refractivity (Wildman–Crippen MR) is 65.5 cm³/mol. The number of rotatable bonds is 2. The van der Waals surface area contributed by atoms with Gasteiger partial charge in [0.2, 0.25) is 0 Å². The summed E-state index contributed by atoms with van der Waals surface area (Å²) in [5.41, 5.74) is 1.63. The monoisotopic (exact) mass is 224 g/mol. The van der Waals surface area contributed by atoms with E-state index in [1.807, 2.05) is 0 Å². The molecule has 0 saturated heterocycles. The molecule has 1 aliphatic rings. The normalized spacial score (nSPS) is 20.4. The minimum Gasteiger partial charge on any atom is -0.335 e. The topological polar surface area (TPSA) is 20.7 Å². The lowest BCUT2D eigenvalue weighted by Crippen LogP contribution is -2.25. The molecule has 1 heterocycles. The molecular formula is C12H20N2S. The van der Waals surface area contributed by atoms with Gasteiger partial charge in [0.15, 0.2) is 4.77 Å². The molecule has 0 amide bonds. The average molecular weight is 224 g/mol. The van der Waals surface area contributed by atoms with E-state index in [9.17, 15) is 0 Å². The van der Waals surface area contributed by atoms with E-state index in [4.69, 9.17) is 12.2 Å². The van der Waals surface area contributed by atoms with Crippen molar-refractivity contribution in [3.8, 4) is 0 Å². The minimum atomic E-state index is 0.463. The van der Waals surface area contributed by atoms with E-state index >= 15 is 0 Å². The first-order chi connectivity index (χ1) is 7.09. The quantitative estimate of drug-likeness (QED) is 0.757. The highest BCUT2D eigenvalue weighted by molar-refractivity contribution is 7.71. The van der Waals surface area contributed by atoms with Crippen LogP contribution < -0.4 is 0 Å². The zero-order valence-corrected chi connectivity index (χ0v) is 10.5. The largest absolute Gasteiger partial charge is 0.335 e. The summed E-state index contributed by atoms with van der Waals surface area (Å²) in [4.78, 5) is 3.19. The van der Waals surface area contributed by atoms with Crippen molar-refractivity contribution in [1.29, 1.82) is 0 Å². The van der Waals surface area contributed by atoms with Crippen molar-refractivity contribution in [3.05, 3.63) is 16.7 Å². The van der Waals surface area contributed by atoms with E-state index in [-0.39, 0.29) is 0 Å². The maximum absolute atomic E-state index is 5.30. The Morgan fingerprint density at radius 3 is 2.60 bits per heavy atom. The molecule has 0 aliphatic heterocycles.